The molecule has 0 atom stereocenters. The SMILES string of the molecule is CCOC(=O)c1[nH]n(Cc2c(F)cccc2F)c(=O)c1C=O. The van der Waals surface area contributed by atoms with Gasteiger partial charge in [-0.2, -0.15) is 0 Å². The largest absolute Gasteiger partial charge is 0.461 e. The minimum absolute atomic E-state index is 0.0479. The van der Waals surface area contributed by atoms with Crippen molar-refractivity contribution in [3.05, 3.63) is 57.0 Å². The lowest BCUT2D eigenvalue weighted by atomic mass is 10.2. The zero-order valence-corrected chi connectivity index (χ0v) is 11.6. The van der Waals surface area contributed by atoms with Gasteiger partial charge in [0.05, 0.1) is 13.2 Å². The first-order valence-corrected chi connectivity index (χ1v) is 6.37. The number of rotatable bonds is 5. The highest BCUT2D eigenvalue weighted by atomic mass is 19.1. The Hall–Kier alpha value is -2.77. The highest BCUT2D eigenvalue weighted by Gasteiger charge is 2.22. The molecule has 0 spiro atoms. The third-order valence-electron chi connectivity index (χ3n) is 2.97. The molecule has 0 saturated carbocycles. The summed E-state index contributed by atoms with van der Waals surface area (Å²) < 4.78 is 32.7. The van der Waals surface area contributed by atoms with Crippen LogP contribution in [-0.2, 0) is 11.3 Å². The van der Waals surface area contributed by atoms with Crippen LogP contribution in [0.2, 0.25) is 0 Å². The number of ether oxygens (including phenoxy) is 1. The van der Waals surface area contributed by atoms with Crippen molar-refractivity contribution >= 4 is 12.3 Å². The van der Waals surface area contributed by atoms with Crippen LogP contribution in [0.3, 0.4) is 0 Å². The maximum Gasteiger partial charge on any atom is 0.357 e. The molecule has 0 aliphatic rings. The first kappa shape index (κ1) is 15.6. The molecule has 0 unspecified atom stereocenters. The molecule has 22 heavy (non-hydrogen) atoms. The zero-order chi connectivity index (χ0) is 16.3. The topological polar surface area (TPSA) is 81.2 Å². The summed E-state index contributed by atoms with van der Waals surface area (Å²) in [5.41, 5.74) is -2.02. The fourth-order valence-corrected chi connectivity index (χ4v) is 1.92. The summed E-state index contributed by atoms with van der Waals surface area (Å²) in [6.07, 6.45) is 0.194. The van der Waals surface area contributed by atoms with Gasteiger partial charge in [-0.3, -0.25) is 14.7 Å². The molecule has 1 heterocycles. The van der Waals surface area contributed by atoms with E-state index < -0.39 is 35.3 Å². The number of H-pyrrole nitrogens is 1. The van der Waals surface area contributed by atoms with E-state index in [9.17, 15) is 23.2 Å². The Balaban J connectivity index is 2.47. The average molecular weight is 310 g/mol. The first-order chi connectivity index (χ1) is 10.5. The van der Waals surface area contributed by atoms with E-state index in [1.54, 1.807) is 6.92 Å². The maximum atomic E-state index is 13.6. The van der Waals surface area contributed by atoms with Gasteiger partial charge in [-0.15, -0.1) is 0 Å². The average Bonchev–Trinajstić information content (AvgIpc) is 2.79. The van der Waals surface area contributed by atoms with Crippen LogP contribution in [-0.4, -0.2) is 28.6 Å². The Morgan fingerprint density at radius 1 is 1.36 bits per heavy atom. The van der Waals surface area contributed by atoms with Gasteiger partial charge in [0, 0.05) is 5.56 Å². The van der Waals surface area contributed by atoms with Crippen molar-refractivity contribution in [1.29, 1.82) is 0 Å². The zero-order valence-electron chi connectivity index (χ0n) is 11.6. The number of nitrogens with one attached hydrogen (secondary N) is 1. The number of benzene rings is 1. The van der Waals surface area contributed by atoms with Crippen LogP contribution in [0.25, 0.3) is 0 Å². The van der Waals surface area contributed by atoms with Gasteiger partial charge >= 0.3 is 5.97 Å². The second kappa shape index (κ2) is 6.33. The number of aromatic nitrogens is 2. The van der Waals surface area contributed by atoms with Gasteiger partial charge in [0.15, 0.2) is 12.0 Å². The number of aromatic amines is 1. The Labute approximate surface area is 123 Å². The molecule has 0 bridgehead atoms. The molecule has 1 N–H and O–H groups in total. The van der Waals surface area contributed by atoms with Crippen LogP contribution in [0.1, 0.15) is 33.3 Å². The monoisotopic (exact) mass is 310 g/mol. The Morgan fingerprint density at radius 2 is 2.00 bits per heavy atom. The normalized spacial score (nSPS) is 10.5. The third-order valence-corrected chi connectivity index (χ3v) is 2.97. The highest BCUT2D eigenvalue weighted by Crippen LogP contribution is 2.13. The summed E-state index contributed by atoms with van der Waals surface area (Å²) in [5, 5.41) is 2.35. The highest BCUT2D eigenvalue weighted by molar-refractivity contribution is 5.96. The van der Waals surface area contributed by atoms with E-state index >= 15 is 0 Å². The van der Waals surface area contributed by atoms with E-state index in [2.05, 4.69) is 5.10 Å². The summed E-state index contributed by atoms with van der Waals surface area (Å²) in [4.78, 5) is 34.6. The summed E-state index contributed by atoms with van der Waals surface area (Å²) in [5.74, 6) is -2.58. The molecule has 0 fully saturated rings. The summed E-state index contributed by atoms with van der Waals surface area (Å²) >= 11 is 0. The van der Waals surface area contributed by atoms with Crippen LogP contribution in [0, 0.1) is 11.6 Å². The Kier molecular flexibility index (Phi) is 4.50. The van der Waals surface area contributed by atoms with Gasteiger partial charge in [-0.05, 0) is 19.1 Å². The Morgan fingerprint density at radius 3 is 2.55 bits per heavy atom. The molecule has 0 aliphatic carbocycles. The van der Waals surface area contributed by atoms with Crippen LogP contribution in [0.4, 0.5) is 8.78 Å². The molecule has 0 saturated heterocycles. The second-order valence-corrected chi connectivity index (χ2v) is 4.33. The molecule has 0 amide bonds. The molecule has 8 heteroatoms. The summed E-state index contributed by atoms with van der Waals surface area (Å²) in [6, 6.07) is 3.27. The lowest BCUT2D eigenvalue weighted by molar-refractivity contribution is 0.0516. The van der Waals surface area contributed by atoms with Crippen LogP contribution in [0.5, 0.6) is 0 Å². The molecule has 1 aromatic heterocycles. The smallest absolute Gasteiger partial charge is 0.357 e. The summed E-state index contributed by atoms with van der Waals surface area (Å²) in [7, 11) is 0. The van der Waals surface area contributed by atoms with Gasteiger partial charge in [0.2, 0.25) is 0 Å². The molecule has 2 aromatic rings. The molecule has 1 aromatic carbocycles. The fraction of sp³-hybridized carbons (Fsp3) is 0.214. The molecule has 0 aliphatic heterocycles. The maximum absolute atomic E-state index is 13.6. The third kappa shape index (κ3) is 2.80. The number of halogens is 2. The van der Waals surface area contributed by atoms with Gasteiger partial charge < -0.3 is 4.74 Å². The Bertz CT molecular complexity index is 759. The van der Waals surface area contributed by atoms with Gasteiger partial charge in [-0.25, -0.2) is 18.3 Å². The second-order valence-electron chi connectivity index (χ2n) is 4.33. The number of aldehydes is 1. The standard InChI is InChI=1S/C14H12F2N2O4/c1-2-22-14(21)12-9(7-19)13(20)18(17-12)6-8-10(15)4-3-5-11(8)16/h3-5,7,17H,2,6H2,1H3. The lowest BCUT2D eigenvalue weighted by Gasteiger charge is -2.05. The number of esters is 1. The van der Waals surface area contributed by atoms with Crippen LogP contribution in [0.15, 0.2) is 23.0 Å². The van der Waals surface area contributed by atoms with Crippen LogP contribution < -0.4 is 5.56 Å². The lowest BCUT2D eigenvalue weighted by Crippen LogP contribution is -2.20. The first-order valence-electron chi connectivity index (χ1n) is 6.37. The minimum Gasteiger partial charge on any atom is -0.461 e. The van der Waals surface area contributed by atoms with E-state index in [0.29, 0.717) is 0 Å². The van der Waals surface area contributed by atoms with Gasteiger partial charge in [-0.1, -0.05) is 6.07 Å². The quantitative estimate of drug-likeness (QED) is 0.670. The van der Waals surface area contributed by atoms with Crippen molar-refractivity contribution in [3.63, 3.8) is 0 Å². The van der Waals surface area contributed by atoms with E-state index in [4.69, 9.17) is 4.74 Å². The van der Waals surface area contributed by atoms with Crippen molar-refractivity contribution in [3.8, 4) is 0 Å². The van der Waals surface area contributed by atoms with Gasteiger partial charge in [0.1, 0.15) is 17.2 Å². The van der Waals surface area contributed by atoms with E-state index in [-0.39, 0.29) is 24.2 Å². The molecule has 116 valence electrons. The fourth-order valence-electron chi connectivity index (χ4n) is 1.92. The number of carbonyl (C=O) groups excluding carboxylic acids is 2. The minimum atomic E-state index is -0.894. The molecule has 0 radical (unpaired) electrons. The van der Waals surface area contributed by atoms with Gasteiger partial charge in [0.25, 0.3) is 5.56 Å². The molecule has 6 nitrogen and oxygen atoms in total. The van der Waals surface area contributed by atoms with Crippen molar-refractivity contribution in [2.24, 2.45) is 0 Å². The van der Waals surface area contributed by atoms with E-state index in [0.717, 1.165) is 16.8 Å². The van der Waals surface area contributed by atoms with E-state index in [1.165, 1.54) is 6.07 Å². The van der Waals surface area contributed by atoms with Crippen molar-refractivity contribution < 1.29 is 23.1 Å². The number of nitrogens with zero attached hydrogens (tertiary/aromatic N) is 1. The summed E-state index contributed by atoms with van der Waals surface area (Å²) in [6.45, 7) is 1.12. The molecular formula is C14H12F2N2O4. The van der Waals surface area contributed by atoms with Crippen LogP contribution >= 0.6 is 0 Å². The van der Waals surface area contributed by atoms with Crippen molar-refractivity contribution in [2.45, 2.75) is 13.5 Å². The predicted octanol–water partition coefficient (Wildman–Crippen LogP) is 1.49. The van der Waals surface area contributed by atoms with Crippen molar-refractivity contribution in [2.75, 3.05) is 6.61 Å². The number of carbonyl (C=O) groups is 2. The van der Waals surface area contributed by atoms with E-state index in [1.807, 2.05) is 0 Å². The number of hydrogen-bond donors (Lipinski definition) is 1. The predicted molar refractivity (Wildman–Crippen MR) is 71.9 cm³/mol. The molecule has 2 rings (SSSR count). The number of hydrogen-bond acceptors (Lipinski definition) is 4. The molecular weight excluding hydrogens is 298 g/mol. The van der Waals surface area contributed by atoms with Crippen molar-refractivity contribution in [1.82, 2.24) is 9.78 Å².